The first-order valence-corrected chi connectivity index (χ1v) is 9.27. The van der Waals surface area contributed by atoms with Crippen molar-refractivity contribution in [1.29, 1.82) is 0 Å². The molecule has 0 radical (unpaired) electrons. The number of methoxy groups -OCH3 is 3. The van der Waals surface area contributed by atoms with Gasteiger partial charge in [-0.1, -0.05) is 17.9 Å². The van der Waals surface area contributed by atoms with Gasteiger partial charge in [0.15, 0.2) is 11.5 Å². The van der Waals surface area contributed by atoms with E-state index in [9.17, 15) is 9.59 Å². The number of ether oxygens (including phenoxy) is 4. The van der Waals surface area contributed by atoms with Crippen LogP contribution in [0.4, 0.5) is 16.2 Å². The molecular formula is C22H25N3O6. The summed E-state index contributed by atoms with van der Waals surface area (Å²) in [6.07, 6.45) is 0. The Bertz CT molecular complexity index is 956. The van der Waals surface area contributed by atoms with Crippen molar-refractivity contribution in [3.63, 3.8) is 0 Å². The number of carbonyl (C=O) groups is 2. The number of rotatable bonds is 8. The van der Waals surface area contributed by atoms with E-state index in [-0.39, 0.29) is 19.1 Å². The van der Waals surface area contributed by atoms with E-state index in [1.54, 1.807) is 36.4 Å². The summed E-state index contributed by atoms with van der Waals surface area (Å²) < 4.78 is 21.3. The summed E-state index contributed by atoms with van der Waals surface area (Å²) in [5, 5.41) is 7.98. The lowest BCUT2D eigenvalue weighted by Crippen LogP contribution is -2.29. The zero-order chi connectivity index (χ0) is 22.6. The molecule has 3 amide bonds. The summed E-state index contributed by atoms with van der Waals surface area (Å²) in [4.78, 5) is 23.2. The highest BCUT2D eigenvalue weighted by molar-refractivity contribution is 5.90. The maximum Gasteiger partial charge on any atom is 0.319 e. The third-order valence-electron chi connectivity index (χ3n) is 3.85. The van der Waals surface area contributed by atoms with E-state index in [1.807, 2.05) is 0 Å². The van der Waals surface area contributed by atoms with Gasteiger partial charge in [0.25, 0.3) is 0 Å². The van der Waals surface area contributed by atoms with Gasteiger partial charge in [-0.2, -0.15) is 0 Å². The van der Waals surface area contributed by atoms with Crippen LogP contribution < -0.4 is 34.9 Å². The Hall–Kier alpha value is -4.06. The number of anilines is 2. The molecule has 3 N–H and O–H groups in total. The summed E-state index contributed by atoms with van der Waals surface area (Å²) in [6.45, 7) is 1.70. The lowest BCUT2D eigenvalue weighted by atomic mass is 10.2. The van der Waals surface area contributed by atoms with Crippen molar-refractivity contribution >= 4 is 23.3 Å². The monoisotopic (exact) mass is 427 g/mol. The molecular weight excluding hydrogens is 402 g/mol. The van der Waals surface area contributed by atoms with Crippen LogP contribution in [0.1, 0.15) is 6.92 Å². The first-order valence-electron chi connectivity index (χ1n) is 9.27. The van der Waals surface area contributed by atoms with Crippen LogP contribution in [0.2, 0.25) is 0 Å². The molecule has 0 saturated carbocycles. The minimum atomic E-state index is -0.438. The van der Waals surface area contributed by atoms with Crippen molar-refractivity contribution in [2.45, 2.75) is 6.92 Å². The summed E-state index contributed by atoms with van der Waals surface area (Å²) in [5.74, 6) is 7.31. The standard InChI is InChI=1S/C22H25N3O6/c1-15(26)24-16-8-7-9-18(12-16)31-11-6-5-10-23-22(27)25-17-13-19(28-2)21(30-4)20(14-17)29-3/h7-9,12-14H,10-11H2,1-4H3,(H,24,26)(H2,23,25,27). The molecule has 9 nitrogen and oxygen atoms in total. The highest BCUT2D eigenvalue weighted by Gasteiger charge is 2.14. The average Bonchev–Trinajstić information content (AvgIpc) is 2.75. The molecule has 0 heterocycles. The normalized spacial score (nSPS) is 9.55. The third-order valence-corrected chi connectivity index (χ3v) is 3.85. The van der Waals surface area contributed by atoms with Crippen LogP contribution in [-0.4, -0.2) is 46.4 Å². The minimum absolute atomic E-state index is 0.131. The molecule has 0 aromatic heterocycles. The molecule has 0 saturated heterocycles. The van der Waals surface area contributed by atoms with Gasteiger partial charge in [0.05, 0.1) is 33.6 Å². The predicted molar refractivity (Wildman–Crippen MR) is 117 cm³/mol. The SMILES string of the molecule is COc1cc(NC(=O)NCC#CCOc2cccc(NC(C)=O)c2)cc(OC)c1OC. The second kappa shape index (κ2) is 11.8. The minimum Gasteiger partial charge on any atom is -0.493 e. The van der Waals surface area contributed by atoms with Crippen LogP contribution >= 0.6 is 0 Å². The molecule has 164 valence electrons. The third kappa shape index (κ3) is 7.36. The molecule has 0 fully saturated rings. The molecule has 31 heavy (non-hydrogen) atoms. The number of urea groups is 1. The number of hydrogen-bond donors (Lipinski definition) is 3. The summed E-state index contributed by atoms with van der Waals surface area (Å²) in [5.41, 5.74) is 1.12. The fourth-order valence-electron chi connectivity index (χ4n) is 2.55. The zero-order valence-corrected chi connectivity index (χ0v) is 17.8. The zero-order valence-electron chi connectivity index (χ0n) is 17.8. The van der Waals surface area contributed by atoms with E-state index in [1.165, 1.54) is 28.3 Å². The predicted octanol–water partition coefficient (Wildman–Crippen LogP) is 2.87. The molecule has 9 heteroatoms. The number of hydrogen-bond acceptors (Lipinski definition) is 6. The summed E-state index contributed by atoms with van der Waals surface area (Å²) in [6, 6.07) is 9.79. The van der Waals surface area contributed by atoms with Crippen molar-refractivity contribution in [2.24, 2.45) is 0 Å². The van der Waals surface area contributed by atoms with E-state index in [4.69, 9.17) is 18.9 Å². The maximum atomic E-state index is 12.1. The largest absolute Gasteiger partial charge is 0.493 e. The maximum absolute atomic E-state index is 12.1. The van der Waals surface area contributed by atoms with Crippen LogP contribution in [0.25, 0.3) is 0 Å². The molecule has 0 bridgehead atoms. The molecule has 2 rings (SSSR count). The molecule has 0 aliphatic carbocycles. The van der Waals surface area contributed by atoms with Gasteiger partial charge in [0.2, 0.25) is 11.7 Å². The van der Waals surface area contributed by atoms with Crippen LogP contribution in [0.3, 0.4) is 0 Å². The van der Waals surface area contributed by atoms with Gasteiger partial charge in [-0.25, -0.2) is 4.79 Å². The number of amides is 3. The molecule has 0 aliphatic rings. The van der Waals surface area contributed by atoms with Crippen molar-refractivity contribution in [3.05, 3.63) is 36.4 Å². The second-order valence-electron chi connectivity index (χ2n) is 6.07. The van der Waals surface area contributed by atoms with Gasteiger partial charge >= 0.3 is 6.03 Å². The molecule has 0 atom stereocenters. The first-order chi connectivity index (χ1) is 15.0. The fourth-order valence-corrected chi connectivity index (χ4v) is 2.55. The Balaban J connectivity index is 1.82. The number of benzene rings is 2. The van der Waals surface area contributed by atoms with Crippen molar-refractivity contribution in [3.8, 4) is 34.8 Å². The van der Waals surface area contributed by atoms with Crippen LogP contribution in [0.15, 0.2) is 36.4 Å². The van der Waals surface area contributed by atoms with Gasteiger partial charge in [-0.15, -0.1) is 0 Å². The van der Waals surface area contributed by atoms with Gasteiger partial charge in [-0.3, -0.25) is 4.79 Å². The summed E-state index contributed by atoms with van der Waals surface area (Å²) >= 11 is 0. The molecule has 0 aliphatic heterocycles. The van der Waals surface area contributed by atoms with Crippen molar-refractivity contribution in [2.75, 3.05) is 45.1 Å². The first kappa shape index (κ1) is 23.2. The van der Waals surface area contributed by atoms with Gasteiger partial charge in [0, 0.05) is 30.8 Å². The second-order valence-corrected chi connectivity index (χ2v) is 6.07. The highest BCUT2D eigenvalue weighted by Crippen LogP contribution is 2.39. The Morgan fingerprint density at radius 3 is 2.23 bits per heavy atom. The van der Waals surface area contributed by atoms with Crippen LogP contribution in [0, 0.1) is 11.8 Å². The Labute approximate surface area is 181 Å². The fraction of sp³-hybridized carbons (Fsp3) is 0.273. The smallest absolute Gasteiger partial charge is 0.319 e. The Morgan fingerprint density at radius 1 is 0.903 bits per heavy atom. The Kier molecular flexibility index (Phi) is 8.86. The van der Waals surface area contributed by atoms with E-state index in [0.29, 0.717) is 34.4 Å². The lowest BCUT2D eigenvalue weighted by Gasteiger charge is -2.14. The van der Waals surface area contributed by atoms with E-state index >= 15 is 0 Å². The van der Waals surface area contributed by atoms with Gasteiger partial charge < -0.3 is 34.9 Å². The molecule has 0 spiro atoms. The quantitative estimate of drug-likeness (QED) is 0.560. The number of nitrogens with one attached hydrogen (secondary N) is 3. The molecule has 2 aromatic rings. The van der Waals surface area contributed by atoms with Crippen molar-refractivity contribution < 1.29 is 28.5 Å². The van der Waals surface area contributed by atoms with Gasteiger partial charge in [-0.05, 0) is 12.1 Å². The number of carbonyl (C=O) groups excluding carboxylic acids is 2. The van der Waals surface area contributed by atoms with Crippen molar-refractivity contribution in [1.82, 2.24) is 5.32 Å². The van der Waals surface area contributed by atoms with Crippen LogP contribution in [-0.2, 0) is 4.79 Å². The summed E-state index contributed by atoms with van der Waals surface area (Å²) in [7, 11) is 4.49. The molecule has 0 unspecified atom stereocenters. The lowest BCUT2D eigenvalue weighted by molar-refractivity contribution is -0.114. The topological polar surface area (TPSA) is 107 Å². The molecule has 2 aromatic carbocycles. The van der Waals surface area contributed by atoms with E-state index in [0.717, 1.165) is 0 Å². The van der Waals surface area contributed by atoms with E-state index < -0.39 is 6.03 Å². The van der Waals surface area contributed by atoms with Gasteiger partial charge in [0.1, 0.15) is 12.4 Å². The van der Waals surface area contributed by atoms with Crippen LogP contribution in [0.5, 0.6) is 23.0 Å². The Morgan fingerprint density at radius 2 is 1.61 bits per heavy atom. The average molecular weight is 427 g/mol. The van der Waals surface area contributed by atoms with E-state index in [2.05, 4.69) is 27.8 Å². The highest BCUT2D eigenvalue weighted by atomic mass is 16.5.